The predicted octanol–water partition coefficient (Wildman–Crippen LogP) is 1.28. The molecule has 1 rings (SSSR count). The minimum Gasteiger partial charge on any atom is -0.327 e. The molecular formula is C13H27N3O. The molecule has 1 aliphatic heterocycles. The highest BCUT2D eigenvalue weighted by Gasteiger charge is 2.29. The molecule has 1 amide bonds. The number of hydrogen-bond acceptors (Lipinski definition) is 3. The van der Waals surface area contributed by atoms with Crippen molar-refractivity contribution in [3.8, 4) is 0 Å². The first-order valence-electron chi connectivity index (χ1n) is 6.97. The van der Waals surface area contributed by atoms with Crippen molar-refractivity contribution in [2.75, 3.05) is 32.8 Å². The van der Waals surface area contributed by atoms with Crippen molar-refractivity contribution in [3.05, 3.63) is 0 Å². The summed E-state index contributed by atoms with van der Waals surface area (Å²) in [6.45, 7) is 11.3. The second kappa shape index (κ2) is 7.67. The van der Waals surface area contributed by atoms with Gasteiger partial charge in [0, 0.05) is 13.1 Å². The van der Waals surface area contributed by atoms with Gasteiger partial charge in [-0.05, 0) is 25.9 Å². The smallest absolute Gasteiger partial charge is 0.240 e. The number of likely N-dealkylation sites (N-methyl/N-ethyl adjacent to an activating group) is 1. The maximum Gasteiger partial charge on any atom is 0.240 e. The van der Waals surface area contributed by atoms with Crippen molar-refractivity contribution in [2.24, 2.45) is 0 Å². The summed E-state index contributed by atoms with van der Waals surface area (Å²) in [5.41, 5.74) is 0. The number of nitrogens with one attached hydrogen (secondary N) is 1. The molecule has 4 heteroatoms. The molecule has 1 aliphatic rings. The van der Waals surface area contributed by atoms with E-state index in [0.29, 0.717) is 5.91 Å². The Balaban J connectivity index is 2.30. The van der Waals surface area contributed by atoms with Gasteiger partial charge in [-0.3, -0.25) is 10.1 Å². The molecule has 0 aromatic carbocycles. The number of hydrogen-bond donors (Lipinski definition) is 1. The van der Waals surface area contributed by atoms with Crippen LogP contribution in [0.15, 0.2) is 0 Å². The Kier molecular flexibility index (Phi) is 6.52. The van der Waals surface area contributed by atoms with Crippen molar-refractivity contribution in [3.63, 3.8) is 0 Å². The average Bonchev–Trinajstić information content (AvgIpc) is 2.67. The Morgan fingerprint density at radius 2 is 2.06 bits per heavy atom. The molecule has 1 N–H and O–H groups in total. The van der Waals surface area contributed by atoms with Crippen LogP contribution in [0.1, 0.15) is 40.0 Å². The molecule has 4 nitrogen and oxygen atoms in total. The quantitative estimate of drug-likeness (QED) is 0.695. The van der Waals surface area contributed by atoms with Crippen LogP contribution in [0.5, 0.6) is 0 Å². The molecule has 1 saturated heterocycles. The first-order valence-corrected chi connectivity index (χ1v) is 6.97. The zero-order valence-electron chi connectivity index (χ0n) is 11.5. The summed E-state index contributed by atoms with van der Waals surface area (Å²) < 4.78 is 0. The fraction of sp³-hybridized carbons (Fsp3) is 0.923. The van der Waals surface area contributed by atoms with E-state index >= 15 is 0 Å². The van der Waals surface area contributed by atoms with E-state index in [1.807, 2.05) is 4.90 Å². The SMILES string of the molecule is CCCC1NCN(CCN(CC)CCC)C1=O. The van der Waals surface area contributed by atoms with Crippen LogP contribution in [0.4, 0.5) is 0 Å². The third kappa shape index (κ3) is 4.28. The topological polar surface area (TPSA) is 35.6 Å². The summed E-state index contributed by atoms with van der Waals surface area (Å²) in [5, 5.41) is 3.29. The van der Waals surface area contributed by atoms with Gasteiger partial charge in [0.2, 0.25) is 5.91 Å². The van der Waals surface area contributed by atoms with Gasteiger partial charge < -0.3 is 9.80 Å². The Labute approximate surface area is 105 Å². The summed E-state index contributed by atoms with van der Waals surface area (Å²) in [6, 6.07) is 0.0706. The first-order chi connectivity index (χ1) is 8.22. The van der Waals surface area contributed by atoms with Crippen LogP contribution in [0.3, 0.4) is 0 Å². The fourth-order valence-corrected chi connectivity index (χ4v) is 2.32. The highest BCUT2D eigenvalue weighted by molar-refractivity contribution is 5.83. The van der Waals surface area contributed by atoms with Gasteiger partial charge in [-0.1, -0.05) is 27.2 Å². The van der Waals surface area contributed by atoms with Crippen molar-refractivity contribution < 1.29 is 4.79 Å². The van der Waals surface area contributed by atoms with Gasteiger partial charge in [0.25, 0.3) is 0 Å². The lowest BCUT2D eigenvalue weighted by Crippen LogP contribution is -2.37. The molecule has 1 heterocycles. The Hall–Kier alpha value is -0.610. The van der Waals surface area contributed by atoms with Gasteiger partial charge in [-0.25, -0.2) is 0 Å². The van der Waals surface area contributed by atoms with Crippen molar-refractivity contribution in [1.29, 1.82) is 0 Å². The first kappa shape index (κ1) is 14.5. The maximum absolute atomic E-state index is 12.0. The van der Waals surface area contributed by atoms with Crippen molar-refractivity contribution in [2.45, 2.75) is 46.1 Å². The van der Waals surface area contributed by atoms with Gasteiger partial charge >= 0.3 is 0 Å². The molecule has 0 spiro atoms. The summed E-state index contributed by atoms with van der Waals surface area (Å²) in [5.74, 6) is 0.291. The summed E-state index contributed by atoms with van der Waals surface area (Å²) >= 11 is 0. The molecule has 0 aromatic heterocycles. The largest absolute Gasteiger partial charge is 0.327 e. The molecular weight excluding hydrogens is 214 g/mol. The lowest BCUT2D eigenvalue weighted by molar-refractivity contribution is -0.129. The van der Waals surface area contributed by atoms with Crippen molar-refractivity contribution >= 4 is 5.91 Å². The van der Waals surface area contributed by atoms with E-state index in [2.05, 4.69) is 31.0 Å². The van der Waals surface area contributed by atoms with Gasteiger partial charge in [-0.2, -0.15) is 0 Å². The fourth-order valence-electron chi connectivity index (χ4n) is 2.32. The third-order valence-corrected chi connectivity index (χ3v) is 3.39. The number of amides is 1. The predicted molar refractivity (Wildman–Crippen MR) is 70.8 cm³/mol. The molecule has 0 radical (unpaired) electrons. The molecule has 0 saturated carbocycles. The molecule has 0 aliphatic carbocycles. The molecule has 100 valence electrons. The molecule has 1 atom stereocenters. The van der Waals surface area contributed by atoms with Crippen LogP contribution in [0.25, 0.3) is 0 Å². The van der Waals surface area contributed by atoms with Crippen LogP contribution >= 0.6 is 0 Å². The number of nitrogens with zero attached hydrogens (tertiary/aromatic N) is 2. The Bertz CT molecular complexity index is 233. The van der Waals surface area contributed by atoms with Crippen LogP contribution in [-0.2, 0) is 4.79 Å². The molecule has 1 unspecified atom stereocenters. The van der Waals surface area contributed by atoms with Gasteiger partial charge in [0.1, 0.15) is 0 Å². The summed E-state index contributed by atoms with van der Waals surface area (Å²) in [7, 11) is 0. The third-order valence-electron chi connectivity index (χ3n) is 3.39. The van der Waals surface area contributed by atoms with E-state index in [1.54, 1.807) is 0 Å². The number of carbonyl (C=O) groups is 1. The lowest BCUT2D eigenvalue weighted by atomic mass is 10.2. The van der Waals surface area contributed by atoms with Gasteiger partial charge in [-0.15, -0.1) is 0 Å². The van der Waals surface area contributed by atoms with E-state index in [9.17, 15) is 4.79 Å². The van der Waals surface area contributed by atoms with Crippen molar-refractivity contribution in [1.82, 2.24) is 15.1 Å². The van der Waals surface area contributed by atoms with E-state index in [1.165, 1.54) is 6.42 Å². The van der Waals surface area contributed by atoms with Crippen LogP contribution in [0.2, 0.25) is 0 Å². The summed E-state index contributed by atoms with van der Waals surface area (Å²) in [4.78, 5) is 16.4. The number of carbonyl (C=O) groups excluding carboxylic acids is 1. The lowest BCUT2D eigenvalue weighted by Gasteiger charge is -2.23. The minimum atomic E-state index is 0.0706. The van der Waals surface area contributed by atoms with E-state index < -0.39 is 0 Å². The van der Waals surface area contributed by atoms with Crippen LogP contribution < -0.4 is 5.32 Å². The van der Waals surface area contributed by atoms with E-state index in [4.69, 9.17) is 0 Å². The molecule has 0 bridgehead atoms. The highest BCUT2D eigenvalue weighted by Crippen LogP contribution is 2.08. The second-order valence-corrected chi connectivity index (χ2v) is 4.74. The monoisotopic (exact) mass is 241 g/mol. The Morgan fingerprint density at radius 1 is 1.29 bits per heavy atom. The van der Waals surface area contributed by atoms with Gasteiger partial charge in [0.15, 0.2) is 0 Å². The Morgan fingerprint density at radius 3 is 2.65 bits per heavy atom. The standard InChI is InChI=1S/C13H27N3O/c1-4-7-12-13(17)16(11-14-12)10-9-15(6-3)8-5-2/h12,14H,4-11H2,1-3H3. The maximum atomic E-state index is 12.0. The summed E-state index contributed by atoms with van der Waals surface area (Å²) in [6.07, 6.45) is 3.20. The van der Waals surface area contributed by atoms with Crippen LogP contribution in [0, 0.1) is 0 Å². The van der Waals surface area contributed by atoms with E-state index in [0.717, 1.165) is 45.7 Å². The van der Waals surface area contributed by atoms with Crippen LogP contribution in [-0.4, -0.2) is 54.6 Å². The van der Waals surface area contributed by atoms with E-state index in [-0.39, 0.29) is 6.04 Å². The molecule has 1 fully saturated rings. The molecule has 17 heavy (non-hydrogen) atoms. The zero-order valence-corrected chi connectivity index (χ0v) is 11.5. The normalized spacial score (nSPS) is 20.6. The number of rotatable bonds is 8. The molecule has 0 aromatic rings. The zero-order chi connectivity index (χ0) is 12.7. The second-order valence-electron chi connectivity index (χ2n) is 4.74. The minimum absolute atomic E-state index is 0.0706. The highest BCUT2D eigenvalue weighted by atomic mass is 16.2. The van der Waals surface area contributed by atoms with Gasteiger partial charge in [0.05, 0.1) is 12.7 Å². The average molecular weight is 241 g/mol.